The molecule has 26 heavy (non-hydrogen) atoms. The number of rotatable bonds is 10. The number of carboxylic acids is 1. The highest BCUT2D eigenvalue weighted by Gasteiger charge is 2.20. The van der Waals surface area contributed by atoms with Crippen LogP contribution in [0.2, 0.25) is 0 Å². The Hall–Kier alpha value is -2.29. The fraction of sp³-hybridized carbons (Fsp3) is 0.435. The molecule has 1 rings (SSSR count). The third-order valence-corrected chi connectivity index (χ3v) is 4.52. The summed E-state index contributed by atoms with van der Waals surface area (Å²) in [6.07, 6.45) is 10.9. The van der Waals surface area contributed by atoms with Crippen LogP contribution in [0.15, 0.2) is 42.0 Å². The summed E-state index contributed by atoms with van der Waals surface area (Å²) in [5.41, 5.74) is 4.94. The van der Waals surface area contributed by atoms with Crippen molar-refractivity contribution in [3.05, 3.63) is 64.3 Å². The molecule has 1 aromatic carbocycles. The number of benzene rings is 1. The third-order valence-electron chi connectivity index (χ3n) is 4.52. The Morgan fingerprint density at radius 2 is 1.88 bits per heavy atom. The second-order valence-electron chi connectivity index (χ2n) is 7.12. The molecule has 2 N–H and O–H groups in total. The van der Waals surface area contributed by atoms with Crippen LogP contribution in [0.5, 0.6) is 5.75 Å². The monoisotopic (exact) mass is 356 g/mol. The second-order valence-corrected chi connectivity index (χ2v) is 7.12. The minimum Gasteiger partial charge on any atom is -0.507 e. The standard InChI is InChI=1S/C23H32O3/c1-6-7-8-12-19-15-18(5)20(22(24)21(19)23(25)26)14-13-17(4)11-9-10-16(2)3/h6,10,13,15,24H,1,7-9,11-12,14H2,2-5H3,(H,25,26)/b17-13+. The minimum atomic E-state index is -1.07. The van der Waals surface area contributed by atoms with Crippen molar-refractivity contribution in [1.29, 1.82) is 0 Å². The van der Waals surface area contributed by atoms with Crippen LogP contribution < -0.4 is 0 Å². The summed E-state index contributed by atoms with van der Waals surface area (Å²) in [4.78, 5) is 11.7. The zero-order valence-corrected chi connectivity index (χ0v) is 16.6. The fourth-order valence-corrected chi connectivity index (χ4v) is 3.01. The number of aromatic carboxylic acids is 1. The molecule has 0 saturated heterocycles. The number of hydrogen-bond donors (Lipinski definition) is 2. The Kier molecular flexibility index (Phi) is 8.91. The van der Waals surface area contributed by atoms with Crippen LogP contribution in [-0.4, -0.2) is 16.2 Å². The molecule has 0 amide bonds. The molecule has 0 fully saturated rings. The maximum absolute atomic E-state index is 11.7. The van der Waals surface area contributed by atoms with Crippen molar-refractivity contribution >= 4 is 5.97 Å². The quantitative estimate of drug-likeness (QED) is 0.391. The molecule has 1 aromatic rings. The van der Waals surface area contributed by atoms with Crippen LogP contribution in [0.3, 0.4) is 0 Å². The largest absolute Gasteiger partial charge is 0.507 e. The molecule has 3 heteroatoms. The van der Waals surface area contributed by atoms with E-state index in [0.717, 1.165) is 31.2 Å². The lowest BCUT2D eigenvalue weighted by Gasteiger charge is -2.15. The zero-order chi connectivity index (χ0) is 19.7. The highest BCUT2D eigenvalue weighted by atomic mass is 16.4. The average Bonchev–Trinajstić information content (AvgIpc) is 2.53. The van der Waals surface area contributed by atoms with Crippen molar-refractivity contribution in [3.63, 3.8) is 0 Å². The number of aryl methyl sites for hydroxylation is 2. The van der Waals surface area contributed by atoms with E-state index >= 15 is 0 Å². The molecule has 0 bridgehead atoms. The first-order chi connectivity index (χ1) is 12.3. The lowest BCUT2D eigenvalue weighted by atomic mass is 9.92. The molecule has 0 aliphatic heterocycles. The van der Waals surface area contributed by atoms with Crippen LogP contribution in [0.4, 0.5) is 0 Å². The molecular weight excluding hydrogens is 324 g/mol. The maximum atomic E-state index is 11.7. The molecule has 0 spiro atoms. The molecule has 0 heterocycles. The van der Waals surface area contributed by atoms with Crippen molar-refractivity contribution in [2.45, 2.75) is 66.2 Å². The topological polar surface area (TPSA) is 57.5 Å². The third kappa shape index (κ3) is 6.55. The summed E-state index contributed by atoms with van der Waals surface area (Å²) in [6.45, 7) is 11.9. The molecule has 3 nitrogen and oxygen atoms in total. The number of aromatic hydroxyl groups is 1. The van der Waals surface area contributed by atoms with E-state index in [-0.39, 0.29) is 11.3 Å². The summed E-state index contributed by atoms with van der Waals surface area (Å²) in [7, 11) is 0. The van der Waals surface area contributed by atoms with Gasteiger partial charge in [0.15, 0.2) is 0 Å². The summed E-state index contributed by atoms with van der Waals surface area (Å²) in [5.74, 6) is -1.15. The summed E-state index contributed by atoms with van der Waals surface area (Å²) in [5, 5.41) is 20.2. The Morgan fingerprint density at radius 1 is 1.19 bits per heavy atom. The Bertz CT molecular complexity index is 705. The molecule has 0 aliphatic carbocycles. The number of hydrogen-bond acceptors (Lipinski definition) is 2. The van der Waals surface area contributed by atoms with Gasteiger partial charge in [-0.05, 0) is 77.3 Å². The summed E-state index contributed by atoms with van der Waals surface area (Å²) in [6, 6.07) is 1.91. The molecular formula is C23H32O3. The van der Waals surface area contributed by atoms with Crippen molar-refractivity contribution in [2.75, 3.05) is 0 Å². The van der Waals surface area contributed by atoms with E-state index in [2.05, 4.69) is 39.5 Å². The number of carboxylic acid groups (broad SMARTS) is 1. The van der Waals surface area contributed by atoms with Gasteiger partial charge in [-0.15, -0.1) is 6.58 Å². The zero-order valence-electron chi connectivity index (χ0n) is 16.6. The average molecular weight is 357 g/mol. The van der Waals surface area contributed by atoms with Crippen LogP contribution in [0, 0.1) is 6.92 Å². The van der Waals surface area contributed by atoms with E-state index in [1.54, 1.807) is 0 Å². The SMILES string of the molecule is C=CCCCc1cc(C)c(C/C=C(\C)CCC=C(C)C)c(O)c1C(=O)O. The number of allylic oxidation sites excluding steroid dienone is 5. The molecule has 0 radical (unpaired) electrons. The van der Waals surface area contributed by atoms with Gasteiger partial charge in [-0.2, -0.15) is 0 Å². The Labute approximate surface area is 157 Å². The maximum Gasteiger partial charge on any atom is 0.339 e. The van der Waals surface area contributed by atoms with Gasteiger partial charge < -0.3 is 10.2 Å². The molecule has 0 unspecified atom stereocenters. The van der Waals surface area contributed by atoms with E-state index in [9.17, 15) is 15.0 Å². The lowest BCUT2D eigenvalue weighted by Crippen LogP contribution is -2.07. The summed E-state index contributed by atoms with van der Waals surface area (Å²) >= 11 is 0. The highest BCUT2D eigenvalue weighted by molar-refractivity contribution is 5.93. The Morgan fingerprint density at radius 3 is 2.46 bits per heavy atom. The number of unbranched alkanes of at least 4 members (excludes halogenated alkanes) is 1. The van der Waals surface area contributed by atoms with Gasteiger partial charge in [0, 0.05) is 5.56 Å². The molecule has 0 aliphatic rings. The van der Waals surface area contributed by atoms with Crippen LogP contribution in [-0.2, 0) is 12.8 Å². The van der Waals surface area contributed by atoms with Gasteiger partial charge in [0.25, 0.3) is 0 Å². The predicted molar refractivity (Wildman–Crippen MR) is 109 cm³/mol. The van der Waals surface area contributed by atoms with Crippen LogP contribution in [0.1, 0.15) is 73.5 Å². The summed E-state index contributed by atoms with van der Waals surface area (Å²) < 4.78 is 0. The van der Waals surface area contributed by atoms with Crippen LogP contribution >= 0.6 is 0 Å². The van der Waals surface area contributed by atoms with E-state index < -0.39 is 5.97 Å². The van der Waals surface area contributed by atoms with Gasteiger partial charge in [0.1, 0.15) is 11.3 Å². The van der Waals surface area contributed by atoms with Gasteiger partial charge in [-0.1, -0.05) is 35.4 Å². The van der Waals surface area contributed by atoms with Crippen molar-refractivity contribution in [2.24, 2.45) is 0 Å². The van der Waals surface area contributed by atoms with E-state index in [0.29, 0.717) is 24.0 Å². The van der Waals surface area contributed by atoms with E-state index in [1.165, 1.54) is 11.1 Å². The predicted octanol–water partition coefficient (Wildman–Crippen LogP) is 6.14. The van der Waals surface area contributed by atoms with Crippen LogP contribution in [0.25, 0.3) is 0 Å². The molecule has 0 saturated carbocycles. The van der Waals surface area contributed by atoms with Gasteiger partial charge in [0.05, 0.1) is 0 Å². The fourth-order valence-electron chi connectivity index (χ4n) is 3.01. The van der Waals surface area contributed by atoms with Gasteiger partial charge >= 0.3 is 5.97 Å². The minimum absolute atomic E-state index is 0.0465. The van der Waals surface area contributed by atoms with Crippen molar-refractivity contribution in [3.8, 4) is 5.75 Å². The van der Waals surface area contributed by atoms with Gasteiger partial charge in [-0.3, -0.25) is 0 Å². The van der Waals surface area contributed by atoms with Crippen molar-refractivity contribution < 1.29 is 15.0 Å². The molecule has 0 atom stereocenters. The second kappa shape index (κ2) is 10.6. The molecule has 142 valence electrons. The number of phenols is 1. The van der Waals surface area contributed by atoms with E-state index in [1.807, 2.05) is 19.1 Å². The first-order valence-corrected chi connectivity index (χ1v) is 9.25. The smallest absolute Gasteiger partial charge is 0.339 e. The normalized spacial score (nSPS) is 11.3. The lowest BCUT2D eigenvalue weighted by molar-refractivity contribution is 0.0692. The molecule has 0 aromatic heterocycles. The van der Waals surface area contributed by atoms with Crippen molar-refractivity contribution in [1.82, 2.24) is 0 Å². The number of carbonyl (C=O) groups is 1. The van der Waals surface area contributed by atoms with Gasteiger partial charge in [0.2, 0.25) is 0 Å². The highest BCUT2D eigenvalue weighted by Crippen LogP contribution is 2.31. The van der Waals surface area contributed by atoms with E-state index in [4.69, 9.17) is 0 Å². The first-order valence-electron chi connectivity index (χ1n) is 9.25. The first kappa shape index (κ1) is 21.8. The van der Waals surface area contributed by atoms with Gasteiger partial charge in [-0.25, -0.2) is 4.79 Å². The Balaban J connectivity index is 3.05.